The summed E-state index contributed by atoms with van der Waals surface area (Å²) >= 11 is 0. The van der Waals surface area contributed by atoms with Crippen LogP contribution in [-0.2, 0) is 24.0 Å². The average Bonchev–Trinajstić information content (AvgIpc) is 2.70. The fraction of sp³-hybridized carbons (Fsp3) is 0.722. The van der Waals surface area contributed by atoms with Gasteiger partial charge >= 0.3 is 11.9 Å². The van der Waals surface area contributed by atoms with Crippen LogP contribution in [0, 0.1) is 0 Å². The van der Waals surface area contributed by atoms with Crippen LogP contribution in [0.4, 0.5) is 0 Å². The molecule has 0 aromatic rings. The molecule has 0 fully saturated rings. The van der Waals surface area contributed by atoms with Gasteiger partial charge in [-0.3, -0.25) is 19.2 Å². The number of carbonyl (C=O) groups is 5. The molecular formula is C18H34N6O7. The van der Waals surface area contributed by atoms with Crippen LogP contribution < -0.4 is 33.2 Å². The standard InChI is InChI=1S/C18H34N6O7/c19-7-3-1-5-11(21)16(28)22-10-14(25)23-13(9-15(26)27)17(29)24-12(18(30)31)6-2-4-8-20/h11-13H,1-10,19-21H2,(H,22,28)(H,23,25)(H,24,29)(H,26,27)(H,30,31). The molecule has 0 radical (unpaired) electrons. The predicted molar refractivity (Wildman–Crippen MR) is 111 cm³/mol. The maximum Gasteiger partial charge on any atom is 0.326 e. The molecule has 3 amide bonds. The van der Waals surface area contributed by atoms with E-state index in [1.165, 1.54) is 0 Å². The molecule has 3 atom stereocenters. The van der Waals surface area contributed by atoms with Gasteiger partial charge in [0, 0.05) is 0 Å². The monoisotopic (exact) mass is 446 g/mol. The van der Waals surface area contributed by atoms with E-state index in [0.717, 1.165) is 0 Å². The Morgan fingerprint density at radius 2 is 1.35 bits per heavy atom. The van der Waals surface area contributed by atoms with E-state index in [9.17, 15) is 29.1 Å². The molecule has 0 saturated heterocycles. The van der Waals surface area contributed by atoms with Crippen molar-refractivity contribution in [1.82, 2.24) is 16.0 Å². The predicted octanol–water partition coefficient (Wildman–Crippen LogP) is -2.78. The third-order valence-electron chi connectivity index (χ3n) is 4.32. The van der Waals surface area contributed by atoms with Gasteiger partial charge in [-0.15, -0.1) is 0 Å². The summed E-state index contributed by atoms with van der Waals surface area (Å²) < 4.78 is 0. The third-order valence-corrected chi connectivity index (χ3v) is 4.32. The Balaban J connectivity index is 4.79. The number of carboxylic acids is 2. The first-order valence-corrected chi connectivity index (χ1v) is 10.1. The second-order valence-corrected chi connectivity index (χ2v) is 7.01. The second-order valence-electron chi connectivity index (χ2n) is 7.01. The van der Waals surface area contributed by atoms with Gasteiger partial charge in [-0.2, -0.15) is 0 Å². The third kappa shape index (κ3) is 13.2. The normalized spacial score (nSPS) is 13.5. The van der Waals surface area contributed by atoms with Crippen LogP contribution in [-0.4, -0.2) is 77.6 Å². The van der Waals surface area contributed by atoms with E-state index in [-0.39, 0.29) is 6.42 Å². The van der Waals surface area contributed by atoms with Crippen LogP contribution in [0.25, 0.3) is 0 Å². The Bertz CT molecular complexity index is 616. The van der Waals surface area contributed by atoms with Crippen molar-refractivity contribution in [3.63, 3.8) is 0 Å². The van der Waals surface area contributed by atoms with E-state index in [0.29, 0.717) is 45.2 Å². The van der Waals surface area contributed by atoms with Crippen LogP contribution in [0.15, 0.2) is 0 Å². The summed E-state index contributed by atoms with van der Waals surface area (Å²) in [6.45, 7) is 0.311. The van der Waals surface area contributed by atoms with Gasteiger partial charge in [-0.05, 0) is 45.2 Å². The van der Waals surface area contributed by atoms with Gasteiger partial charge in [0.25, 0.3) is 0 Å². The molecule has 0 aromatic carbocycles. The number of hydrogen-bond donors (Lipinski definition) is 8. The van der Waals surface area contributed by atoms with Gasteiger partial charge in [0.05, 0.1) is 19.0 Å². The summed E-state index contributed by atoms with van der Waals surface area (Å²) in [5.41, 5.74) is 16.4. The Hall–Kier alpha value is -2.77. The van der Waals surface area contributed by atoms with Crippen molar-refractivity contribution in [1.29, 1.82) is 0 Å². The molecule has 13 heteroatoms. The quantitative estimate of drug-likeness (QED) is 0.107. The number of carbonyl (C=O) groups excluding carboxylic acids is 3. The lowest BCUT2D eigenvalue weighted by atomic mass is 10.1. The number of hydrogen-bond acceptors (Lipinski definition) is 8. The van der Waals surface area contributed by atoms with Crippen LogP contribution in [0.2, 0.25) is 0 Å². The van der Waals surface area contributed by atoms with Crippen LogP contribution in [0.5, 0.6) is 0 Å². The summed E-state index contributed by atoms with van der Waals surface area (Å²) in [5, 5.41) is 24.9. The minimum Gasteiger partial charge on any atom is -0.481 e. The van der Waals surface area contributed by atoms with Crippen molar-refractivity contribution >= 4 is 29.7 Å². The number of rotatable bonds is 17. The molecule has 0 saturated carbocycles. The van der Waals surface area contributed by atoms with Crippen molar-refractivity contribution in [2.75, 3.05) is 19.6 Å². The number of nitrogens with two attached hydrogens (primary N) is 3. The van der Waals surface area contributed by atoms with Crippen LogP contribution in [0.1, 0.15) is 44.9 Å². The lowest BCUT2D eigenvalue weighted by molar-refractivity contribution is -0.143. The van der Waals surface area contributed by atoms with E-state index in [4.69, 9.17) is 22.3 Å². The molecule has 11 N–H and O–H groups in total. The highest BCUT2D eigenvalue weighted by Crippen LogP contribution is 2.03. The van der Waals surface area contributed by atoms with Crippen LogP contribution >= 0.6 is 0 Å². The van der Waals surface area contributed by atoms with E-state index < -0.39 is 60.8 Å². The number of amides is 3. The van der Waals surface area contributed by atoms with E-state index >= 15 is 0 Å². The molecule has 0 aliphatic heterocycles. The zero-order valence-electron chi connectivity index (χ0n) is 17.5. The zero-order chi connectivity index (χ0) is 23.8. The van der Waals surface area contributed by atoms with Crippen molar-refractivity contribution in [3.8, 4) is 0 Å². The minimum atomic E-state index is -1.52. The molecule has 0 heterocycles. The molecule has 0 aliphatic rings. The fourth-order valence-electron chi connectivity index (χ4n) is 2.59. The lowest BCUT2D eigenvalue weighted by Crippen LogP contribution is -2.54. The van der Waals surface area contributed by atoms with Gasteiger partial charge in [-0.25, -0.2) is 4.79 Å². The van der Waals surface area contributed by atoms with E-state index in [2.05, 4.69) is 16.0 Å². The molecule has 0 aliphatic carbocycles. The maximum atomic E-state index is 12.4. The van der Waals surface area contributed by atoms with Crippen LogP contribution in [0.3, 0.4) is 0 Å². The Morgan fingerprint density at radius 1 is 0.774 bits per heavy atom. The van der Waals surface area contributed by atoms with E-state index in [1.54, 1.807) is 0 Å². The lowest BCUT2D eigenvalue weighted by Gasteiger charge is -2.20. The number of nitrogens with one attached hydrogen (secondary N) is 3. The highest BCUT2D eigenvalue weighted by molar-refractivity contribution is 5.94. The highest BCUT2D eigenvalue weighted by Gasteiger charge is 2.28. The molecule has 3 unspecified atom stereocenters. The Labute approximate surface area is 180 Å². The first-order chi connectivity index (χ1) is 14.6. The molecular weight excluding hydrogens is 412 g/mol. The van der Waals surface area contributed by atoms with Gasteiger partial charge in [0.15, 0.2) is 0 Å². The first kappa shape index (κ1) is 28.2. The summed E-state index contributed by atoms with van der Waals surface area (Å²) in [4.78, 5) is 58.7. The largest absolute Gasteiger partial charge is 0.481 e. The zero-order valence-corrected chi connectivity index (χ0v) is 17.5. The van der Waals surface area contributed by atoms with Gasteiger partial charge in [0.1, 0.15) is 12.1 Å². The first-order valence-electron chi connectivity index (χ1n) is 10.1. The molecule has 13 nitrogen and oxygen atoms in total. The number of aliphatic carboxylic acids is 2. The summed E-state index contributed by atoms with van der Waals surface area (Å²) in [6.07, 6.45) is 2.08. The Kier molecular flexibility index (Phi) is 14.6. The smallest absolute Gasteiger partial charge is 0.326 e. The van der Waals surface area contributed by atoms with E-state index in [1.807, 2.05) is 0 Å². The fourth-order valence-corrected chi connectivity index (χ4v) is 2.59. The maximum absolute atomic E-state index is 12.4. The SMILES string of the molecule is NCCCCC(N)C(=O)NCC(=O)NC(CC(=O)O)C(=O)NC(CCCCN)C(=O)O. The van der Waals surface area contributed by atoms with Crippen molar-refractivity contribution in [2.24, 2.45) is 17.2 Å². The number of carboxylic acid groups (broad SMARTS) is 2. The molecule has 0 rings (SSSR count). The number of unbranched alkanes of at least 4 members (excludes halogenated alkanes) is 2. The summed E-state index contributed by atoms with van der Waals surface area (Å²) in [6, 6.07) is -3.60. The summed E-state index contributed by atoms with van der Waals surface area (Å²) in [5.74, 6) is -5.01. The molecule has 0 bridgehead atoms. The topological polar surface area (TPSA) is 240 Å². The second kappa shape index (κ2) is 16.0. The Morgan fingerprint density at radius 3 is 1.87 bits per heavy atom. The van der Waals surface area contributed by atoms with Gasteiger partial charge < -0.3 is 43.4 Å². The minimum absolute atomic E-state index is 0.101. The van der Waals surface area contributed by atoms with Gasteiger partial charge in [0.2, 0.25) is 17.7 Å². The molecule has 31 heavy (non-hydrogen) atoms. The average molecular weight is 447 g/mol. The van der Waals surface area contributed by atoms with Crippen molar-refractivity contribution in [3.05, 3.63) is 0 Å². The summed E-state index contributed by atoms with van der Waals surface area (Å²) in [7, 11) is 0. The van der Waals surface area contributed by atoms with Crippen molar-refractivity contribution in [2.45, 2.75) is 63.1 Å². The highest BCUT2D eigenvalue weighted by atomic mass is 16.4. The molecule has 178 valence electrons. The van der Waals surface area contributed by atoms with Crippen molar-refractivity contribution < 1.29 is 34.2 Å². The molecule has 0 aromatic heterocycles. The van der Waals surface area contributed by atoms with Gasteiger partial charge in [-0.1, -0.05) is 6.42 Å². The molecule has 0 spiro atoms.